The van der Waals surface area contributed by atoms with Crippen LogP contribution in [0.15, 0.2) is 36.4 Å². The molecule has 0 unspecified atom stereocenters. The Bertz CT molecular complexity index is 628. The van der Waals surface area contributed by atoms with Crippen LogP contribution in [0.4, 0.5) is 0 Å². The van der Waals surface area contributed by atoms with Crippen LogP contribution < -0.4 is 4.74 Å². The van der Waals surface area contributed by atoms with E-state index in [2.05, 4.69) is 74.7 Å². The first kappa shape index (κ1) is 17.5. The molecular formula is C16H13I3O2. The van der Waals surface area contributed by atoms with Crippen LogP contribution in [0.1, 0.15) is 22.8 Å². The van der Waals surface area contributed by atoms with Crippen LogP contribution in [0.5, 0.6) is 5.75 Å². The summed E-state index contributed by atoms with van der Waals surface area (Å²) < 4.78 is 8.94. The van der Waals surface area contributed by atoms with Crippen molar-refractivity contribution in [3.8, 4) is 5.75 Å². The first-order chi connectivity index (χ1) is 10.0. The van der Waals surface area contributed by atoms with E-state index < -0.39 is 0 Å². The second-order valence-corrected chi connectivity index (χ2v) is 8.03. The van der Waals surface area contributed by atoms with Crippen LogP contribution >= 0.6 is 67.8 Å². The van der Waals surface area contributed by atoms with Crippen molar-refractivity contribution in [3.05, 3.63) is 58.2 Å². The maximum atomic E-state index is 12.2. The van der Waals surface area contributed by atoms with Crippen molar-refractivity contribution in [2.75, 3.05) is 6.61 Å². The summed E-state index contributed by atoms with van der Waals surface area (Å²) in [5, 5.41) is 0. The number of aryl methyl sites for hydroxylation is 1. The molecule has 110 valence electrons. The highest BCUT2D eigenvalue weighted by molar-refractivity contribution is 14.1. The number of halogens is 3. The van der Waals surface area contributed by atoms with Crippen molar-refractivity contribution >= 4 is 73.6 Å². The van der Waals surface area contributed by atoms with Gasteiger partial charge in [0.2, 0.25) is 0 Å². The smallest absolute Gasteiger partial charge is 0.200 e. The Kier molecular flexibility index (Phi) is 6.73. The first-order valence-corrected chi connectivity index (χ1v) is 9.64. The molecule has 2 rings (SSSR count). The molecule has 0 aliphatic carbocycles. The third-order valence-electron chi connectivity index (χ3n) is 2.99. The number of Topliss-reactive ketones (excluding diaryl/α,β-unsaturated/α-hetero) is 1. The Hall–Kier alpha value is 0.1000. The van der Waals surface area contributed by atoms with Crippen LogP contribution in [0.2, 0.25) is 0 Å². The summed E-state index contributed by atoms with van der Waals surface area (Å²) in [5.41, 5.74) is 1.93. The fourth-order valence-corrected chi connectivity index (χ4v) is 5.71. The van der Waals surface area contributed by atoms with Crippen molar-refractivity contribution in [1.82, 2.24) is 0 Å². The fraction of sp³-hybridized carbons (Fsp3) is 0.188. The highest BCUT2D eigenvalue weighted by Crippen LogP contribution is 2.29. The monoisotopic (exact) mass is 618 g/mol. The molecule has 0 bridgehead atoms. The van der Waals surface area contributed by atoms with Gasteiger partial charge in [0, 0.05) is 9.13 Å². The summed E-state index contributed by atoms with van der Waals surface area (Å²) in [7, 11) is 0. The molecule has 0 saturated carbocycles. The number of ether oxygens (including phenoxy) is 1. The number of carbonyl (C=O) groups is 1. The summed E-state index contributed by atoms with van der Waals surface area (Å²) >= 11 is 6.75. The number of ketones is 1. The normalized spacial score (nSPS) is 10.5. The molecule has 0 aliphatic rings. The minimum Gasteiger partial charge on any atom is -0.483 e. The lowest BCUT2D eigenvalue weighted by Crippen LogP contribution is -2.13. The third kappa shape index (κ3) is 4.78. The van der Waals surface area contributed by atoms with Gasteiger partial charge >= 0.3 is 0 Å². The predicted molar refractivity (Wildman–Crippen MR) is 110 cm³/mol. The van der Waals surface area contributed by atoms with E-state index in [4.69, 9.17) is 4.74 Å². The zero-order valence-electron chi connectivity index (χ0n) is 11.3. The van der Waals surface area contributed by atoms with Gasteiger partial charge in [-0.1, -0.05) is 31.2 Å². The van der Waals surface area contributed by atoms with Crippen LogP contribution in [0.25, 0.3) is 0 Å². The molecular weight excluding hydrogens is 605 g/mol. The zero-order chi connectivity index (χ0) is 15.4. The van der Waals surface area contributed by atoms with Gasteiger partial charge in [-0.05, 0) is 91.9 Å². The van der Waals surface area contributed by atoms with Crippen LogP contribution in [0, 0.1) is 10.7 Å². The van der Waals surface area contributed by atoms with Crippen LogP contribution in [-0.4, -0.2) is 12.4 Å². The predicted octanol–water partition coefficient (Wildman–Crippen LogP) is 5.32. The molecule has 0 amide bonds. The Morgan fingerprint density at radius 3 is 2.14 bits per heavy atom. The van der Waals surface area contributed by atoms with Gasteiger partial charge in [0.05, 0.1) is 7.14 Å². The van der Waals surface area contributed by atoms with Crippen molar-refractivity contribution < 1.29 is 9.53 Å². The van der Waals surface area contributed by atoms with E-state index >= 15 is 0 Å². The molecule has 0 aliphatic heterocycles. The SMILES string of the molecule is CCc1ccc(C(=O)COc2c(I)cc(I)cc2I)cc1. The molecule has 21 heavy (non-hydrogen) atoms. The fourth-order valence-electron chi connectivity index (χ4n) is 1.81. The number of hydrogen-bond acceptors (Lipinski definition) is 2. The summed E-state index contributed by atoms with van der Waals surface area (Å²) in [6, 6.07) is 11.8. The Labute approximate surface area is 165 Å². The molecule has 0 atom stereocenters. The van der Waals surface area contributed by atoms with Crippen molar-refractivity contribution in [1.29, 1.82) is 0 Å². The average Bonchev–Trinajstić information content (AvgIpc) is 2.46. The summed E-state index contributed by atoms with van der Waals surface area (Å²) in [5.74, 6) is 0.790. The number of benzene rings is 2. The lowest BCUT2D eigenvalue weighted by molar-refractivity contribution is 0.0920. The van der Waals surface area contributed by atoms with Crippen molar-refractivity contribution in [2.24, 2.45) is 0 Å². The lowest BCUT2D eigenvalue weighted by Gasteiger charge is -2.10. The molecule has 0 fully saturated rings. The second kappa shape index (κ2) is 8.09. The van der Waals surface area contributed by atoms with Crippen LogP contribution in [0.3, 0.4) is 0 Å². The Morgan fingerprint density at radius 1 is 1.05 bits per heavy atom. The minimum absolute atomic E-state index is 0.00260. The number of carbonyl (C=O) groups excluding carboxylic acids is 1. The number of rotatable bonds is 5. The molecule has 0 N–H and O–H groups in total. The van der Waals surface area contributed by atoms with Gasteiger partial charge in [-0.15, -0.1) is 0 Å². The van der Waals surface area contributed by atoms with E-state index in [0.29, 0.717) is 5.56 Å². The summed E-state index contributed by atoms with van der Waals surface area (Å²) in [4.78, 5) is 12.2. The van der Waals surface area contributed by atoms with E-state index in [1.54, 1.807) is 0 Å². The topological polar surface area (TPSA) is 26.3 Å². The lowest BCUT2D eigenvalue weighted by atomic mass is 10.1. The number of hydrogen-bond donors (Lipinski definition) is 0. The molecule has 0 spiro atoms. The standard InChI is InChI=1S/C16H13I3O2/c1-2-10-3-5-11(6-4-10)15(20)9-21-16-13(18)7-12(17)8-14(16)19/h3-8H,2,9H2,1H3. The third-order valence-corrected chi connectivity index (χ3v) is 5.22. The van der Waals surface area contributed by atoms with Crippen LogP contribution in [-0.2, 0) is 6.42 Å². The zero-order valence-corrected chi connectivity index (χ0v) is 17.8. The maximum Gasteiger partial charge on any atom is 0.200 e. The van der Waals surface area contributed by atoms with Gasteiger partial charge in [0.1, 0.15) is 5.75 Å². The maximum absolute atomic E-state index is 12.2. The highest BCUT2D eigenvalue weighted by Gasteiger charge is 2.12. The molecule has 2 aromatic carbocycles. The van der Waals surface area contributed by atoms with E-state index in [-0.39, 0.29) is 12.4 Å². The quantitative estimate of drug-likeness (QED) is 0.335. The second-order valence-electron chi connectivity index (χ2n) is 4.46. The van der Waals surface area contributed by atoms with Gasteiger partial charge in [0.15, 0.2) is 12.4 Å². The van der Waals surface area contributed by atoms with E-state index in [1.807, 2.05) is 36.4 Å². The van der Waals surface area contributed by atoms with Gasteiger partial charge in [-0.2, -0.15) is 0 Å². The summed E-state index contributed by atoms with van der Waals surface area (Å²) in [6.45, 7) is 2.17. The molecule has 0 radical (unpaired) electrons. The van der Waals surface area contributed by atoms with E-state index in [9.17, 15) is 4.79 Å². The highest BCUT2D eigenvalue weighted by atomic mass is 127. The van der Waals surface area contributed by atoms with Gasteiger partial charge < -0.3 is 4.74 Å². The molecule has 2 aromatic rings. The molecule has 2 nitrogen and oxygen atoms in total. The molecule has 0 saturated heterocycles. The molecule has 5 heteroatoms. The van der Waals surface area contributed by atoms with Crippen molar-refractivity contribution in [2.45, 2.75) is 13.3 Å². The largest absolute Gasteiger partial charge is 0.483 e. The Balaban J connectivity index is 2.07. The first-order valence-electron chi connectivity index (χ1n) is 6.40. The van der Waals surface area contributed by atoms with E-state index in [1.165, 1.54) is 5.56 Å². The molecule has 0 heterocycles. The van der Waals surface area contributed by atoms with Crippen molar-refractivity contribution in [3.63, 3.8) is 0 Å². The van der Waals surface area contributed by atoms with Gasteiger partial charge in [-0.3, -0.25) is 4.79 Å². The minimum atomic E-state index is 0.00260. The average molecular weight is 618 g/mol. The van der Waals surface area contributed by atoms with Gasteiger partial charge in [0.25, 0.3) is 0 Å². The van der Waals surface area contributed by atoms with E-state index in [0.717, 1.165) is 22.9 Å². The summed E-state index contributed by atoms with van der Waals surface area (Å²) in [6.07, 6.45) is 0.976. The molecule has 0 aromatic heterocycles. The van der Waals surface area contributed by atoms with Gasteiger partial charge in [-0.25, -0.2) is 0 Å². The Morgan fingerprint density at radius 2 is 1.62 bits per heavy atom.